The van der Waals surface area contributed by atoms with E-state index in [1.54, 1.807) is 0 Å². The Hall–Kier alpha value is -1.63. The van der Waals surface area contributed by atoms with Gasteiger partial charge in [-0.15, -0.1) is 0 Å². The van der Waals surface area contributed by atoms with E-state index in [-0.39, 0.29) is 12.6 Å². The van der Waals surface area contributed by atoms with Crippen molar-refractivity contribution < 1.29 is 5.11 Å². The van der Waals surface area contributed by atoms with Gasteiger partial charge in [-0.25, -0.2) is 0 Å². The Morgan fingerprint density at radius 2 is 1.69 bits per heavy atom. The highest BCUT2D eigenvalue weighted by Gasteiger charge is 2.19. The van der Waals surface area contributed by atoms with E-state index in [1.165, 1.54) is 12.8 Å². The number of anilines is 3. The third kappa shape index (κ3) is 6.94. The first kappa shape index (κ1) is 20.7. The molecule has 1 heterocycles. The summed E-state index contributed by atoms with van der Waals surface area (Å²) in [6.45, 7) is 9.63. The average molecular weight is 365 g/mol. The van der Waals surface area contributed by atoms with Crippen LogP contribution >= 0.6 is 0 Å². The van der Waals surface area contributed by atoms with Crippen molar-refractivity contribution in [2.45, 2.75) is 78.3 Å². The average Bonchev–Trinajstić information content (AvgIpc) is 2.61. The predicted octanol–water partition coefficient (Wildman–Crippen LogP) is 3.50. The van der Waals surface area contributed by atoms with E-state index >= 15 is 0 Å². The zero-order valence-corrected chi connectivity index (χ0v) is 16.8. The highest BCUT2D eigenvalue weighted by molar-refractivity contribution is 5.43. The van der Waals surface area contributed by atoms with Crippen molar-refractivity contribution in [2.24, 2.45) is 11.8 Å². The lowest BCUT2D eigenvalue weighted by molar-refractivity contribution is 0.271. The molecule has 1 aromatic rings. The number of hydrogen-bond donors (Lipinski definition) is 4. The van der Waals surface area contributed by atoms with Crippen LogP contribution in [-0.4, -0.2) is 45.3 Å². The SMILES string of the molecule is CC[C@H](CO)Nc1nc(NCCC(C)C)nc(NC2CCC(C)CC2)n1. The van der Waals surface area contributed by atoms with Gasteiger partial charge < -0.3 is 21.1 Å². The molecule has 0 unspecified atom stereocenters. The summed E-state index contributed by atoms with van der Waals surface area (Å²) in [6.07, 6.45) is 6.67. The van der Waals surface area contributed by atoms with E-state index < -0.39 is 0 Å². The normalized spacial score (nSPS) is 21.5. The van der Waals surface area contributed by atoms with Crippen molar-refractivity contribution in [1.29, 1.82) is 0 Å². The standard InChI is InChI=1S/C19H36N6O/c1-5-15(12-26)21-18-23-17(20-11-10-13(2)3)24-19(25-18)22-16-8-6-14(4)7-9-16/h13-16,26H,5-12H2,1-4H3,(H3,20,21,22,23,24,25)/t14?,15-,16?/m1/s1. The minimum absolute atomic E-state index is 0.0516. The Morgan fingerprint density at radius 1 is 1.04 bits per heavy atom. The Balaban J connectivity index is 2.08. The Bertz CT molecular complexity index is 527. The van der Waals surface area contributed by atoms with Crippen LogP contribution in [0.25, 0.3) is 0 Å². The summed E-state index contributed by atoms with van der Waals surface area (Å²) in [6, 6.07) is 0.370. The molecule has 0 aromatic carbocycles. The molecule has 1 aliphatic rings. The molecule has 1 aromatic heterocycles. The number of aliphatic hydroxyl groups excluding tert-OH is 1. The summed E-state index contributed by atoms with van der Waals surface area (Å²) < 4.78 is 0. The molecule has 4 N–H and O–H groups in total. The fourth-order valence-corrected chi connectivity index (χ4v) is 3.10. The molecule has 1 saturated carbocycles. The zero-order valence-electron chi connectivity index (χ0n) is 16.8. The lowest BCUT2D eigenvalue weighted by Crippen LogP contribution is -2.28. The second-order valence-electron chi connectivity index (χ2n) is 7.95. The third-order valence-corrected chi connectivity index (χ3v) is 5.04. The van der Waals surface area contributed by atoms with Crippen molar-refractivity contribution in [1.82, 2.24) is 15.0 Å². The smallest absolute Gasteiger partial charge is 0.229 e. The number of rotatable bonds is 10. The van der Waals surface area contributed by atoms with Crippen molar-refractivity contribution in [3.05, 3.63) is 0 Å². The first-order valence-corrected chi connectivity index (χ1v) is 10.1. The van der Waals surface area contributed by atoms with Gasteiger partial charge in [0.1, 0.15) is 0 Å². The summed E-state index contributed by atoms with van der Waals surface area (Å²) in [4.78, 5) is 13.6. The maximum atomic E-state index is 9.45. The van der Waals surface area contributed by atoms with Crippen LogP contribution in [-0.2, 0) is 0 Å². The second kappa shape index (κ2) is 10.5. The van der Waals surface area contributed by atoms with Crippen molar-refractivity contribution in [3.8, 4) is 0 Å². The number of nitrogens with zero attached hydrogens (tertiary/aromatic N) is 3. The molecule has 0 bridgehead atoms. The molecule has 2 rings (SSSR count). The van der Waals surface area contributed by atoms with Gasteiger partial charge >= 0.3 is 0 Å². The molecule has 1 fully saturated rings. The Kier molecular flexibility index (Phi) is 8.35. The van der Waals surface area contributed by atoms with E-state index in [1.807, 2.05) is 6.92 Å². The molecule has 7 nitrogen and oxygen atoms in total. The monoisotopic (exact) mass is 364 g/mol. The van der Waals surface area contributed by atoms with Gasteiger partial charge in [-0.05, 0) is 50.4 Å². The molecule has 148 valence electrons. The molecule has 0 amide bonds. The van der Waals surface area contributed by atoms with Gasteiger partial charge in [0, 0.05) is 12.6 Å². The van der Waals surface area contributed by atoms with Gasteiger partial charge in [0.05, 0.1) is 12.6 Å². The third-order valence-electron chi connectivity index (χ3n) is 5.04. The van der Waals surface area contributed by atoms with Crippen LogP contribution in [0, 0.1) is 11.8 Å². The van der Waals surface area contributed by atoms with E-state index in [4.69, 9.17) is 0 Å². The molecule has 0 saturated heterocycles. The quantitative estimate of drug-likeness (QED) is 0.505. The zero-order chi connectivity index (χ0) is 18.9. The van der Waals surface area contributed by atoms with Crippen LogP contribution < -0.4 is 16.0 Å². The molecule has 1 atom stereocenters. The second-order valence-corrected chi connectivity index (χ2v) is 7.95. The first-order valence-electron chi connectivity index (χ1n) is 10.1. The lowest BCUT2D eigenvalue weighted by atomic mass is 9.87. The molecule has 0 spiro atoms. The molecular weight excluding hydrogens is 328 g/mol. The van der Waals surface area contributed by atoms with Crippen molar-refractivity contribution in [2.75, 3.05) is 29.1 Å². The highest BCUT2D eigenvalue weighted by atomic mass is 16.3. The van der Waals surface area contributed by atoms with Gasteiger partial charge in [0.2, 0.25) is 17.8 Å². The van der Waals surface area contributed by atoms with Crippen molar-refractivity contribution >= 4 is 17.8 Å². The summed E-state index contributed by atoms with van der Waals surface area (Å²) >= 11 is 0. The molecule has 0 radical (unpaired) electrons. The van der Waals surface area contributed by atoms with Gasteiger partial charge in [-0.2, -0.15) is 15.0 Å². The topological polar surface area (TPSA) is 95.0 Å². The summed E-state index contributed by atoms with van der Waals surface area (Å²) in [5.41, 5.74) is 0. The fraction of sp³-hybridized carbons (Fsp3) is 0.842. The van der Waals surface area contributed by atoms with Crippen LogP contribution in [0.1, 0.15) is 66.2 Å². The Labute approximate surface area is 157 Å². The van der Waals surface area contributed by atoms with Gasteiger partial charge in [-0.3, -0.25) is 0 Å². The maximum absolute atomic E-state index is 9.45. The maximum Gasteiger partial charge on any atom is 0.229 e. The first-order chi connectivity index (χ1) is 12.5. The number of aliphatic hydroxyl groups is 1. The summed E-state index contributed by atoms with van der Waals surface area (Å²) in [5, 5.41) is 19.5. The van der Waals surface area contributed by atoms with E-state index in [2.05, 4.69) is 51.7 Å². The number of aromatic nitrogens is 3. The largest absolute Gasteiger partial charge is 0.394 e. The van der Waals surface area contributed by atoms with Crippen LogP contribution in [0.5, 0.6) is 0 Å². The van der Waals surface area contributed by atoms with Crippen LogP contribution in [0.3, 0.4) is 0 Å². The van der Waals surface area contributed by atoms with Gasteiger partial charge in [0.25, 0.3) is 0 Å². The van der Waals surface area contributed by atoms with Crippen LogP contribution in [0.15, 0.2) is 0 Å². The summed E-state index contributed by atoms with van der Waals surface area (Å²) in [7, 11) is 0. The van der Waals surface area contributed by atoms with E-state index in [0.29, 0.717) is 29.8 Å². The number of hydrogen-bond acceptors (Lipinski definition) is 7. The fourth-order valence-electron chi connectivity index (χ4n) is 3.10. The molecule has 0 aliphatic heterocycles. The summed E-state index contributed by atoms with van der Waals surface area (Å²) in [5.74, 6) is 3.15. The molecule has 26 heavy (non-hydrogen) atoms. The molecular formula is C19H36N6O. The molecule has 7 heteroatoms. The molecule has 1 aliphatic carbocycles. The lowest BCUT2D eigenvalue weighted by Gasteiger charge is -2.27. The van der Waals surface area contributed by atoms with Crippen LogP contribution in [0.4, 0.5) is 17.8 Å². The van der Waals surface area contributed by atoms with E-state index in [0.717, 1.165) is 38.1 Å². The minimum atomic E-state index is -0.0516. The number of nitrogens with one attached hydrogen (secondary N) is 3. The van der Waals surface area contributed by atoms with Crippen LogP contribution in [0.2, 0.25) is 0 Å². The predicted molar refractivity (Wildman–Crippen MR) is 108 cm³/mol. The van der Waals surface area contributed by atoms with Gasteiger partial charge in [0.15, 0.2) is 0 Å². The highest BCUT2D eigenvalue weighted by Crippen LogP contribution is 2.25. The van der Waals surface area contributed by atoms with E-state index in [9.17, 15) is 5.11 Å². The van der Waals surface area contributed by atoms with Crippen molar-refractivity contribution in [3.63, 3.8) is 0 Å². The van der Waals surface area contributed by atoms with Gasteiger partial charge in [-0.1, -0.05) is 27.7 Å². The Morgan fingerprint density at radius 3 is 2.31 bits per heavy atom. The minimum Gasteiger partial charge on any atom is -0.394 e.